The fourth-order valence-electron chi connectivity index (χ4n) is 0.982. The summed E-state index contributed by atoms with van der Waals surface area (Å²) < 4.78 is 40.9. The van der Waals surface area contributed by atoms with E-state index in [1.165, 1.54) is 11.6 Å². The minimum Gasteiger partial charge on any atom is -0.488 e. The molecular formula is C9H6BrCl2FO3S. The van der Waals surface area contributed by atoms with E-state index in [1.807, 2.05) is 0 Å². The summed E-state index contributed by atoms with van der Waals surface area (Å²) in [4.78, 5) is -0.605. The number of ether oxygens (including phenoxy) is 1. The summed E-state index contributed by atoms with van der Waals surface area (Å²) in [7, 11) is 0.936. The van der Waals surface area contributed by atoms with Crippen LogP contribution in [0.3, 0.4) is 0 Å². The van der Waals surface area contributed by atoms with E-state index in [-0.39, 0.29) is 16.8 Å². The Hall–Kier alpha value is -0.300. The summed E-state index contributed by atoms with van der Waals surface area (Å²) in [5.41, 5.74) is 1.25. The Kier molecular flexibility index (Phi) is 5.24. The zero-order valence-electron chi connectivity index (χ0n) is 8.16. The molecule has 0 fully saturated rings. The van der Waals surface area contributed by atoms with Crippen molar-refractivity contribution < 1.29 is 17.5 Å². The van der Waals surface area contributed by atoms with Crippen molar-refractivity contribution >= 4 is 47.3 Å². The van der Waals surface area contributed by atoms with E-state index >= 15 is 0 Å². The second-order valence-corrected chi connectivity index (χ2v) is 6.46. The molecule has 8 heteroatoms. The second kappa shape index (κ2) is 6.04. The Labute approximate surface area is 116 Å². The molecule has 94 valence electrons. The van der Waals surface area contributed by atoms with Gasteiger partial charge in [-0.1, -0.05) is 11.6 Å². The van der Waals surface area contributed by atoms with Crippen LogP contribution < -0.4 is 4.74 Å². The molecule has 3 nitrogen and oxygen atoms in total. The minimum absolute atomic E-state index is 0.133. The molecule has 0 saturated heterocycles. The molecule has 0 spiro atoms. The van der Waals surface area contributed by atoms with Crippen LogP contribution in [0.5, 0.6) is 5.75 Å². The van der Waals surface area contributed by atoms with Crippen LogP contribution in [-0.2, 0) is 9.05 Å². The predicted molar refractivity (Wildman–Crippen MR) is 67.6 cm³/mol. The lowest BCUT2D eigenvalue weighted by Crippen LogP contribution is -1.99. The third-order valence-corrected chi connectivity index (χ3v) is 3.81. The van der Waals surface area contributed by atoms with Gasteiger partial charge in [-0.15, -0.1) is 0 Å². The molecule has 0 aliphatic heterocycles. The highest BCUT2D eigenvalue weighted by molar-refractivity contribution is 9.10. The number of halogens is 4. The van der Waals surface area contributed by atoms with E-state index in [2.05, 4.69) is 15.9 Å². The van der Waals surface area contributed by atoms with Gasteiger partial charge in [0.2, 0.25) is 0 Å². The van der Waals surface area contributed by atoms with Crippen LogP contribution in [0.4, 0.5) is 4.39 Å². The lowest BCUT2D eigenvalue weighted by Gasteiger charge is -2.07. The van der Waals surface area contributed by atoms with Crippen LogP contribution in [-0.4, -0.2) is 15.0 Å². The van der Waals surface area contributed by atoms with Crippen LogP contribution in [0, 0.1) is 5.82 Å². The molecule has 0 aromatic heterocycles. The highest BCUT2D eigenvalue weighted by Gasteiger charge is 2.19. The Morgan fingerprint density at radius 1 is 1.47 bits per heavy atom. The summed E-state index contributed by atoms with van der Waals surface area (Å²) in [6.07, 6.45) is 1.50. The van der Waals surface area contributed by atoms with Gasteiger partial charge in [-0.3, -0.25) is 0 Å². The molecule has 0 aliphatic rings. The third kappa shape index (κ3) is 4.13. The van der Waals surface area contributed by atoms with Crippen LogP contribution >= 0.6 is 38.2 Å². The first-order valence-electron chi connectivity index (χ1n) is 4.18. The average Bonchev–Trinajstić information content (AvgIpc) is 2.21. The monoisotopic (exact) mass is 362 g/mol. The van der Waals surface area contributed by atoms with E-state index in [1.54, 1.807) is 0 Å². The molecule has 0 amide bonds. The van der Waals surface area contributed by atoms with Gasteiger partial charge in [0.25, 0.3) is 9.05 Å². The molecular weight excluding hydrogens is 358 g/mol. The summed E-state index contributed by atoms with van der Waals surface area (Å²) in [6.45, 7) is 0.133. The maximum Gasteiger partial charge on any atom is 0.264 e. The molecule has 1 aromatic carbocycles. The summed E-state index contributed by atoms with van der Waals surface area (Å²) >= 11 is 8.33. The summed E-state index contributed by atoms with van der Waals surface area (Å²) in [5, 5.41) is 0. The Bertz CT molecular complexity index is 545. The second-order valence-electron chi connectivity index (χ2n) is 2.82. The van der Waals surface area contributed by atoms with Crippen LogP contribution in [0.15, 0.2) is 33.1 Å². The maximum absolute atomic E-state index is 13.4. The van der Waals surface area contributed by atoms with Crippen LogP contribution in [0.25, 0.3) is 0 Å². The first-order chi connectivity index (χ1) is 7.86. The van der Waals surface area contributed by atoms with E-state index in [0.29, 0.717) is 0 Å². The van der Waals surface area contributed by atoms with E-state index in [0.717, 1.165) is 12.1 Å². The molecule has 0 radical (unpaired) electrons. The van der Waals surface area contributed by atoms with Crippen molar-refractivity contribution in [3.8, 4) is 5.75 Å². The normalized spacial score (nSPS) is 12.0. The quantitative estimate of drug-likeness (QED) is 0.767. The average molecular weight is 364 g/mol. The van der Waals surface area contributed by atoms with Gasteiger partial charge in [-0.2, -0.15) is 0 Å². The van der Waals surface area contributed by atoms with E-state index in [9.17, 15) is 12.8 Å². The largest absolute Gasteiger partial charge is 0.488 e. The Morgan fingerprint density at radius 2 is 2.12 bits per heavy atom. The molecule has 0 unspecified atom stereocenters. The van der Waals surface area contributed by atoms with Crippen LogP contribution in [0.1, 0.15) is 0 Å². The number of rotatable bonds is 4. The third-order valence-electron chi connectivity index (χ3n) is 1.67. The van der Waals surface area contributed by atoms with Gasteiger partial charge in [0.1, 0.15) is 23.1 Å². The first-order valence-corrected chi connectivity index (χ1v) is 7.72. The summed E-state index contributed by atoms with van der Waals surface area (Å²) in [5.74, 6) is -0.825. The van der Waals surface area contributed by atoms with Crippen molar-refractivity contribution in [2.45, 2.75) is 4.90 Å². The first kappa shape index (κ1) is 14.8. The SMILES string of the molecule is O=S(=O)(Cl)c1cc(Br)c(OC/C=C/Cl)cc1F. The van der Waals surface area contributed by atoms with Crippen molar-refractivity contribution in [3.05, 3.63) is 34.0 Å². The van der Waals surface area contributed by atoms with Crippen LogP contribution in [0.2, 0.25) is 0 Å². The van der Waals surface area contributed by atoms with Crippen molar-refractivity contribution in [3.63, 3.8) is 0 Å². The van der Waals surface area contributed by atoms with Gasteiger partial charge in [-0.25, -0.2) is 12.8 Å². The zero-order chi connectivity index (χ0) is 13.1. The maximum atomic E-state index is 13.4. The number of hydrogen-bond donors (Lipinski definition) is 0. The fraction of sp³-hybridized carbons (Fsp3) is 0.111. The van der Waals surface area contributed by atoms with Gasteiger partial charge in [0.15, 0.2) is 0 Å². The van der Waals surface area contributed by atoms with Crippen molar-refractivity contribution in [1.82, 2.24) is 0 Å². The number of benzene rings is 1. The topological polar surface area (TPSA) is 43.4 Å². The zero-order valence-corrected chi connectivity index (χ0v) is 12.1. The molecule has 1 rings (SSSR count). The van der Waals surface area contributed by atoms with Gasteiger partial charge >= 0.3 is 0 Å². The Morgan fingerprint density at radius 3 is 2.65 bits per heavy atom. The highest BCUT2D eigenvalue weighted by Crippen LogP contribution is 2.31. The smallest absolute Gasteiger partial charge is 0.264 e. The molecule has 0 saturated carbocycles. The van der Waals surface area contributed by atoms with E-state index in [4.69, 9.17) is 27.0 Å². The van der Waals surface area contributed by atoms with Gasteiger partial charge in [0, 0.05) is 22.3 Å². The van der Waals surface area contributed by atoms with Crippen molar-refractivity contribution in [1.29, 1.82) is 0 Å². The molecule has 0 N–H and O–H groups in total. The highest BCUT2D eigenvalue weighted by atomic mass is 79.9. The molecule has 1 aromatic rings. The number of hydrogen-bond acceptors (Lipinski definition) is 3. The molecule has 0 heterocycles. The predicted octanol–water partition coefficient (Wildman–Crippen LogP) is 3.65. The summed E-state index contributed by atoms with van der Waals surface area (Å²) in [6, 6.07) is 1.97. The lowest BCUT2D eigenvalue weighted by molar-refractivity contribution is 0.357. The standard InChI is InChI=1S/C9H6BrCl2FO3S/c10-6-4-9(17(12,14)15)7(13)5-8(6)16-3-1-2-11/h1-2,4-5H,3H2/b2-1+. The molecule has 0 aliphatic carbocycles. The lowest BCUT2D eigenvalue weighted by atomic mass is 10.3. The van der Waals surface area contributed by atoms with Gasteiger partial charge in [0.05, 0.1) is 4.47 Å². The molecule has 0 atom stereocenters. The van der Waals surface area contributed by atoms with Crippen molar-refractivity contribution in [2.75, 3.05) is 6.61 Å². The minimum atomic E-state index is -4.12. The van der Waals surface area contributed by atoms with Gasteiger partial charge < -0.3 is 4.74 Å². The molecule has 17 heavy (non-hydrogen) atoms. The van der Waals surface area contributed by atoms with Crippen molar-refractivity contribution in [2.24, 2.45) is 0 Å². The van der Waals surface area contributed by atoms with E-state index < -0.39 is 19.8 Å². The molecule has 0 bridgehead atoms. The van der Waals surface area contributed by atoms with Gasteiger partial charge in [-0.05, 0) is 28.1 Å². The fourth-order valence-corrected chi connectivity index (χ4v) is 2.57. The Balaban J connectivity index is 3.10.